The Morgan fingerprint density at radius 1 is 1.31 bits per heavy atom. The lowest BCUT2D eigenvalue weighted by atomic mass is 10.0. The van der Waals surface area contributed by atoms with Gasteiger partial charge < -0.3 is 10.1 Å². The molecular formula is C11H23NO. The second-order valence-corrected chi connectivity index (χ2v) is 4.12. The highest BCUT2D eigenvalue weighted by Crippen LogP contribution is 2.32. The zero-order valence-electron chi connectivity index (χ0n) is 9.07. The fourth-order valence-corrected chi connectivity index (χ4v) is 2.15. The number of unbranched alkanes of at least 4 members (excludes halogenated alkanes) is 1. The third kappa shape index (κ3) is 3.28. The molecule has 0 spiro atoms. The first-order valence-corrected chi connectivity index (χ1v) is 5.61. The topological polar surface area (TPSA) is 21.3 Å². The molecule has 2 heteroatoms. The normalized spacial score (nSPS) is 20.8. The molecule has 0 saturated heterocycles. The molecule has 0 aromatic heterocycles. The standard InChI is InChI=1S/C11H23NO/c1-3-4-9-13-11(10-12-2)7-5-6-8-11/h12H,3-10H2,1-2H3. The van der Waals surface area contributed by atoms with Crippen LogP contribution in [0.25, 0.3) is 0 Å². The molecule has 2 nitrogen and oxygen atoms in total. The molecule has 1 N–H and O–H groups in total. The van der Waals surface area contributed by atoms with Crippen molar-refractivity contribution in [1.82, 2.24) is 5.32 Å². The third-order valence-electron chi connectivity index (χ3n) is 2.92. The summed E-state index contributed by atoms with van der Waals surface area (Å²) in [6.07, 6.45) is 7.61. The molecule has 0 aromatic rings. The number of ether oxygens (including phenoxy) is 1. The second-order valence-electron chi connectivity index (χ2n) is 4.12. The summed E-state index contributed by atoms with van der Waals surface area (Å²) in [5.74, 6) is 0. The van der Waals surface area contributed by atoms with Crippen LogP contribution in [0.5, 0.6) is 0 Å². The van der Waals surface area contributed by atoms with Crippen molar-refractivity contribution < 1.29 is 4.74 Å². The van der Waals surface area contributed by atoms with Gasteiger partial charge in [-0.2, -0.15) is 0 Å². The quantitative estimate of drug-likeness (QED) is 0.641. The minimum Gasteiger partial charge on any atom is -0.374 e. The Labute approximate surface area is 82.0 Å². The molecule has 78 valence electrons. The van der Waals surface area contributed by atoms with Gasteiger partial charge in [0.15, 0.2) is 0 Å². The van der Waals surface area contributed by atoms with E-state index in [0.29, 0.717) is 0 Å². The lowest BCUT2D eigenvalue weighted by Gasteiger charge is -2.29. The Balaban J connectivity index is 2.28. The number of rotatable bonds is 6. The number of hydrogen-bond acceptors (Lipinski definition) is 2. The van der Waals surface area contributed by atoms with Crippen molar-refractivity contribution in [2.75, 3.05) is 20.2 Å². The average Bonchev–Trinajstić information content (AvgIpc) is 2.55. The average molecular weight is 185 g/mol. The van der Waals surface area contributed by atoms with Gasteiger partial charge in [-0.15, -0.1) is 0 Å². The van der Waals surface area contributed by atoms with Gasteiger partial charge in [0, 0.05) is 13.2 Å². The molecule has 0 bridgehead atoms. The summed E-state index contributed by atoms with van der Waals surface area (Å²) in [5.41, 5.74) is 0.184. The van der Waals surface area contributed by atoms with E-state index in [2.05, 4.69) is 12.2 Å². The number of hydrogen-bond donors (Lipinski definition) is 1. The van der Waals surface area contributed by atoms with Gasteiger partial charge >= 0.3 is 0 Å². The maximum Gasteiger partial charge on any atom is 0.0806 e. The van der Waals surface area contributed by atoms with Crippen LogP contribution in [-0.2, 0) is 4.74 Å². The van der Waals surface area contributed by atoms with Crippen molar-refractivity contribution in [3.8, 4) is 0 Å². The Hall–Kier alpha value is -0.0800. The Morgan fingerprint density at radius 2 is 2.00 bits per heavy atom. The minimum atomic E-state index is 0.184. The van der Waals surface area contributed by atoms with Gasteiger partial charge in [-0.1, -0.05) is 26.2 Å². The fourth-order valence-electron chi connectivity index (χ4n) is 2.15. The van der Waals surface area contributed by atoms with Crippen LogP contribution < -0.4 is 5.32 Å². The molecule has 1 aliphatic rings. The van der Waals surface area contributed by atoms with Crippen molar-refractivity contribution in [1.29, 1.82) is 0 Å². The first-order chi connectivity index (χ1) is 6.33. The molecule has 0 aromatic carbocycles. The summed E-state index contributed by atoms with van der Waals surface area (Å²) >= 11 is 0. The van der Waals surface area contributed by atoms with Crippen LogP contribution in [0.1, 0.15) is 45.4 Å². The minimum absolute atomic E-state index is 0.184. The van der Waals surface area contributed by atoms with Gasteiger partial charge in [0.2, 0.25) is 0 Å². The van der Waals surface area contributed by atoms with Crippen LogP contribution in [0.15, 0.2) is 0 Å². The van der Waals surface area contributed by atoms with Gasteiger partial charge in [0.05, 0.1) is 5.60 Å². The van der Waals surface area contributed by atoms with E-state index in [-0.39, 0.29) is 5.60 Å². The first kappa shape index (κ1) is 11.0. The van der Waals surface area contributed by atoms with E-state index >= 15 is 0 Å². The highest BCUT2D eigenvalue weighted by atomic mass is 16.5. The van der Waals surface area contributed by atoms with Crippen LogP contribution in [0, 0.1) is 0 Å². The van der Waals surface area contributed by atoms with Crippen molar-refractivity contribution in [2.45, 2.75) is 51.0 Å². The maximum absolute atomic E-state index is 6.01. The lowest BCUT2D eigenvalue weighted by Crippen LogP contribution is -2.39. The van der Waals surface area contributed by atoms with E-state index in [1.54, 1.807) is 0 Å². The smallest absolute Gasteiger partial charge is 0.0806 e. The highest BCUT2D eigenvalue weighted by molar-refractivity contribution is 4.88. The fraction of sp³-hybridized carbons (Fsp3) is 1.00. The summed E-state index contributed by atoms with van der Waals surface area (Å²) in [6.45, 7) is 4.18. The van der Waals surface area contributed by atoms with Crippen molar-refractivity contribution in [3.63, 3.8) is 0 Å². The van der Waals surface area contributed by atoms with E-state index in [9.17, 15) is 0 Å². The predicted octanol–water partition coefficient (Wildman–Crippen LogP) is 2.34. The largest absolute Gasteiger partial charge is 0.374 e. The number of nitrogens with one attached hydrogen (secondary N) is 1. The molecule has 0 amide bonds. The monoisotopic (exact) mass is 185 g/mol. The van der Waals surface area contributed by atoms with E-state index in [1.165, 1.54) is 38.5 Å². The van der Waals surface area contributed by atoms with Gasteiger partial charge in [-0.05, 0) is 26.3 Å². The summed E-state index contributed by atoms with van der Waals surface area (Å²) in [7, 11) is 2.02. The molecule has 0 aliphatic heterocycles. The van der Waals surface area contributed by atoms with Gasteiger partial charge in [-0.3, -0.25) is 0 Å². The van der Waals surface area contributed by atoms with Gasteiger partial charge in [-0.25, -0.2) is 0 Å². The SMILES string of the molecule is CCCCOC1(CNC)CCCC1. The summed E-state index contributed by atoms with van der Waals surface area (Å²) in [5, 5.41) is 3.25. The highest BCUT2D eigenvalue weighted by Gasteiger charge is 2.33. The van der Waals surface area contributed by atoms with Gasteiger partial charge in [0.1, 0.15) is 0 Å². The zero-order valence-corrected chi connectivity index (χ0v) is 9.07. The molecular weight excluding hydrogens is 162 g/mol. The van der Waals surface area contributed by atoms with Crippen molar-refractivity contribution >= 4 is 0 Å². The molecule has 1 rings (SSSR count). The van der Waals surface area contributed by atoms with E-state index in [4.69, 9.17) is 4.74 Å². The van der Waals surface area contributed by atoms with E-state index in [1.807, 2.05) is 7.05 Å². The zero-order chi connectivity index (χ0) is 9.57. The summed E-state index contributed by atoms with van der Waals surface area (Å²) in [4.78, 5) is 0. The molecule has 0 radical (unpaired) electrons. The van der Waals surface area contributed by atoms with Crippen LogP contribution in [0.4, 0.5) is 0 Å². The van der Waals surface area contributed by atoms with Crippen LogP contribution in [-0.4, -0.2) is 25.8 Å². The lowest BCUT2D eigenvalue weighted by molar-refractivity contribution is -0.0392. The second kappa shape index (κ2) is 5.61. The molecule has 1 saturated carbocycles. The maximum atomic E-state index is 6.01. The molecule has 1 aliphatic carbocycles. The number of likely N-dealkylation sites (N-methyl/N-ethyl adjacent to an activating group) is 1. The molecule has 0 heterocycles. The van der Waals surface area contributed by atoms with Crippen molar-refractivity contribution in [2.24, 2.45) is 0 Å². The third-order valence-corrected chi connectivity index (χ3v) is 2.92. The molecule has 0 atom stereocenters. The molecule has 13 heavy (non-hydrogen) atoms. The summed E-state index contributed by atoms with van der Waals surface area (Å²) in [6, 6.07) is 0. The van der Waals surface area contributed by atoms with Crippen molar-refractivity contribution in [3.05, 3.63) is 0 Å². The predicted molar refractivity (Wildman–Crippen MR) is 56.0 cm³/mol. The Kier molecular flexibility index (Phi) is 4.74. The Morgan fingerprint density at radius 3 is 2.54 bits per heavy atom. The molecule has 1 fully saturated rings. The Bertz CT molecular complexity index is 130. The summed E-state index contributed by atoms with van der Waals surface area (Å²) < 4.78 is 6.01. The van der Waals surface area contributed by atoms with Crippen LogP contribution in [0.3, 0.4) is 0 Å². The first-order valence-electron chi connectivity index (χ1n) is 5.61. The van der Waals surface area contributed by atoms with Gasteiger partial charge in [0.25, 0.3) is 0 Å². The van der Waals surface area contributed by atoms with Crippen LogP contribution in [0.2, 0.25) is 0 Å². The van der Waals surface area contributed by atoms with E-state index < -0.39 is 0 Å². The molecule has 0 unspecified atom stereocenters. The van der Waals surface area contributed by atoms with Crippen LogP contribution >= 0.6 is 0 Å². The van der Waals surface area contributed by atoms with E-state index in [0.717, 1.165) is 13.2 Å².